The number of amides is 2. The molecule has 1 aromatic heterocycles. The van der Waals surface area contributed by atoms with Crippen molar-refractivity contribution in [1.82, 2.24) is 10.3 Å². The van der Waals surface area contributed by atoms with Gasteiger partial charge in [0.15, 0.2) is 11.5 Å². The highest BCUT2D eigenvalue weighted by Gasteiger charge is 2.27. The van der Waals surface area contributed by atoms with Gasteiger partial charge in [-0.05, 0) is 42.8 Å². The molecular weight excluding hydrogens is 565 g/mol. The maximum atomic E-state index is 13.2. The Morgan fingerprint density at radius 1 is 1.00 bits per heavy atom. The van der Waals surface area contributed by atoms with E-state index < -0.39 is 6.03 Å². The Kier molecular flexibility index (Phi) is 8.16. The fraction of sp³-hybridized carbons (Fsp3) is 0.290. The highest BCUT2D eigenvalue weighted by Crippen LogP contribution is 2.49. The van der Waals surface area contributed by atoms with Gasteiger partial charge in [-0.15, -0.1) is 0 Å². The molecule has 0 spiro atoms. The zero-order valence-electron chi connectivity index (χ0n) is 22.8. The van der Waals surface area contributed by atoms with Gasteiger partial charge in [0.05, 0.1) is 40.9 Å². The Hall–Kier alpha value is -4.28. The molecule has 42 heavy (non-hydrogen) atoms. The van der Waals surface area contributed by atoms with Gasteiger partial charge in [0.1, 0.15) is 36.6 Å². The molecule has 0 saturated carbocycles. The normalized spacial score (nSPS) is 15.6. The first-order valence-corrected chi connectivity index (χ1v) is 14.1. The molecule has 9 nitrogen and oxygen atoms in total. The molecule has 0 bridgehead atoms. The Labute approximate surface area is 246 Å². The summed E-state index contributed by atoms with van der Waals surface area (Å²) in [6.07, 6.45) is 3.26. The van der Waals surface area contributed by atoms with Crippen LogP contribution < -0.4 is 29.6 Å². The predicted molar refractivity (Wildman–Crippen MR) is 156 cm³/mol. The quantitative estimate of drug-likeness (QED) is 0.237. The van der Waals surface area contributed by atoms with Crippen LogP contribution in [0.25, 0.3) is 10.9 Å². The number of nitrogens with zero attached hydrogens (tertiary/aromatic N) is 1. The summed E-state index contributed by atoms with van der Waals surface area (Å²) in [6, 6.07) is 13.7. The summed E-state index contributed by atoms with van der Waals surface area (Å²) in [4.78, 5) is 17.1. The third kappa shape index (κ3) is 6.14. The number of aromatic nitrogens is 1. The van der Waals surface area contributed by atoms with Crippen molar-refractivity contribution in [3.8, 4) is 28.7 Å². The zero-order valence-corrected chi connectivity index (χ0v) is 23.6. The molecule has 0 unspecified atom stereocenters. The molecule has 0 radical (unpaired) electrons. The van der Waals surface area contributed by atoms with Crippen LogP contribution in [-0.2, 0) is 4.74 Å². The summed E-state index contributed by atoms with van der Waals surface area (Å²) < 4.78 is 43.3. The van der Waals surface area contributed by atoms with Gasteiger partial charge in [-0.25, -0.2) is 9.18 Å². The topological polar surface area (TPSA) is 100 Å². The molecule has 2 aliphatic rings. The van der Waals surface area contributed by atoms with Crippen LogP contribution in [0.1, 0.15) is 31.4 Å². The van der Waals surface area contributed by atoms with Crippen LogP contribution in [0.4, 0.5) is 14.9 Å². The number of carbonyl (C=O) groups is 1. The molecule has 1 atom stereocenters. The molecule has 1 saturated heterocycles. The molecule has 2 N–H and O–H groups in total. The SMILES string of the molecule is C[C@H](NC(=O)Nc1ccc(Oc2ccnc3cc(OC4CCOCC4)c4c(c23)OCCO4)cc1Cl)c1ccc(F)cc1. The van der Waals surface area contributed by atoms with E-state index in [0.29, 0.717) is 71.8 Å². The lowest BCUT2D eigenvalue weighted by Crippen LogP contribution is -2.31. The van der Waals surface area contributed by atoms with Crippen LogP contribution in [0.3, 0.4) is 0 Å². The van der Waals surface area contributed by atoms with E-state index in [1.807, 2.05) is 6.07 Å². The highest BCUT2D eigenvalue weighted by molar-refractivity contribution is 6.33. The summed E-state index contributed by atoms with van der Waals surface area (Å²) in [6.45, 7) is 3.90. The second-order valence-electron chi connectivity index (χ2n) is 9.98. The first kappa shape index (κ1) is 27.9. The molecule has 218 valence electrons. The van der Waals surface area contributed by atoms with Crippen LogP contribution in [0.5, 0.6) is 28.7 Å². The lowest BCUT2D eigenvalue weighted by molar-refractivity contribution is 0.0234. The van der Waals surface area contributed by atoms with Gasteiger partial charge >= 0.3 is 6.03 Å². The Morgan fingerprint density at radius 3 is 2.52 bits per heavy atom. The maximum Gasteiger partial charge on any atom is 0.319 e. The van der Waals surface area contributed by atoms with Gasteiger partial charge in [0.25, 0.3) is 0 Å². The monoisotopic (exact) mass is 593 g/mol. The molecule has 11 heteroatoms. The Bertz CT molecular complexity index is 1600. The average molecular weight is 594 g/mol. The lowest BCUT2D eigenvalue weighted by Gasteiger charge is -2.27. The number of carbonyl (C=O) groups excluding carboxylic acids is 1. The van der Waals surface area contributed by atoms with E-state index >= 15 is 0 Å². The largest absolute Gasteiger partial charge is 0.486 e. The van der Waals surface area contributed by atoms with Crippen LogP contribution >= 0.6 is 11.6 Å². The van der Waals surface area contributed by atoms with Crippen molar-refractivity contribution in [3.63, 3.8) is 0 Å². The number of hydrogen-bond donors (Lipinski definition) is 2. The number of rotatable bonds is 7. The maximum absolute atomic E-state index is 13.2. The smallest absolute Gasteiger partial charge is 0.319 e. The average Bonchev–Trinajstić information content (AvgIpc) is 2.99. The number of fused-ring (bicyclic) bond motifs is 3. The van der Waals surface area contributed by atoms with E-state index in [4.69, 9.17) is 35.3 Å². The molecule has 4 aromatic rings. The molecule has 3 heterocycles. The zero-order chi connectivity index (χ0) is 29.1. The minimum atomic E-state index is -0.454. The van der Waals surface area contributed by atoms with Gasteiger partial charge < -0.3 is 34.3 Å². The second kappa shape index (κ2) is 12.3. The fourth-order valence-corrected chi connectivity index (χ4v) is 5.12. The minimum Gasteiger partial charge on any atom is -0.486 e. The van der Waals surface area contributed by atoms with Crippen molar-refractivity contribution in [2.75, 3.05) is 31.7 Å². The van der Waals surface area contributed by atoms with Crippen LogP contribution in [0, 0.1) is 5.82 Å². The number of urea groups is 1. The number of hydrogen-bond acceptors (Lipinski definition) is 7. The standard InChI is InChI=1S/C31H29ClFN3O6/c1-18(19-2-4-20(33)5-3-19)35-31(37)36-24-7-6-22(16-23(24)32)42-26-8-11-34-25-17-27(41-21-9-12-38-13-10-21)29-30(28(25)26)40-15-14-39-29/h2-8,11,16-18,21H,9-10,12-15H2,1H3,(H2,35,36,37)/t18-/m0/s1. The van der Waals surface area contributed by atoms with Crippen molar-refractivity contribution in [3.05, 3.63) is 77.2 Å². The molecule has 6 rings (SSSR count). The first-order valence-electron chi connectivity index (χ1n) is 13.7. The molecule has 2 aliphatic heterocycles. The van der Waals surface area contributed by atoms with Crippen molar-refractivity contribution in [1.29, 1.82) is 0 Å². The molecule has 0 aliphatic carbocycles. The Balaban J connectivity index is 1.20. The number of ether oxygens (including phenoxy) is 5. The number of pyridine rings is 1. The van der Waals surface area contributed by atoms with Crippen molar-refractivity contribution >= 4 is 34.2 Å². The van der Waals surface area contributed by atoms with Gasteiger partial charge in [-0.3, -0.25) is 4.98 Å². The number of halogens is 2. The summed E-state index contributed by atoms with van der Waals surface area (Å²) in [5, 5.41) is 6.49. The molecule has 1 fully saturated rings. The van der Waals surface area contributed by atoms with Gasteiger partial charge in [0, 0.05) is 31.2 Å². The van der Waals surface area contributed by atoms with Crippen LogP contribution in [0.2, 0.25) is 5.02 Å². The van der Waals surface area contributed by atoms with E-state index in [2.05, 4.69) is 15.6 Å². The van der Waals surface area contributed by atoms with Gasteiger partial charge in [0.2, 0.25) is 5.75 Å². The van der Waals surface area contributed by atoms with E-state index in [-0.39, 0.29) is 23.0 Å². The summed E-state index contributed by atoms with van der Waals surface area (Å²) in [5.74, 6) is 2.23. The van der Waals surface area contributed by atoms with Gasteiger partial charge in [-0.2, -0.15) is 0 Å². The van der Waals surface area contributed by atoms with Crippen molar-refractivity contribution in [2.24, 2.45) is 0 Å². The van der Waals surface area contributed by atoms with E-state index in [1.165, 1.54) is 12.1 Å². The minimum absolute atomic E-state index is 0.0210. The number of benzene rings is 3. The van der Waals surface area contributed by atoms with E-state index in [0.717, 1.165) is 18.4 Å². The van der Waals surface area contributed by atoms with E-state index in [9.17, 15) is 9.18 Å². The van der Waals surface area contributed by atoms with Crippen LogP contribution in [-0.4, -0.2) is 43.5 Å². The van der Waals surface area contributed by atoms with Crippen molar-refractivity contribution < 1.29 is 32.9 Å². The Morgan fingerprint density at radius 2 is 1.76 bits per heavy atom. The lowest BCUT2D eigenvalue weighted by atomic mass is 10.1. The van der Waals surface area contributed by atoms with E-state index in [1.54, 1.807) is 49.5 Å². The van der Waals surface area contributed by atoms with Gasteiger partial charge in [-0.1, -0.05) is 23.7 Å². The molecular formula is C31H29ClFN3O6. The summed E-state index contributed by atoms with van der Waals surface area (Å²) in [7, 11) is 0. The third-order valence-electron chi connectivity index (χ3n) is 7.04. The van der Waals surface area contributed by atoms with Crippen molar-refractivity contribution in [2.45, 2.75) is 31.9 Å². The number of anilines is 1. The first-order chi connectivity index (χ1) is 20.4. The molecule has 3 aromatic carbocycles. The highest BCUT2D eigenvalue weighted by atomic mass is 35.5. The molecule has 2 amide bonds. The second-order valence-corrected chi connectivity index (χ2v) is 10.4. The fourth-order valence-electron chi connectivity index (χ4n) is 4.90. The summed E-state index contributed by atoms with van der Waals surface area (Å²) in [5.41, 5.74) is 1.80. The van der Waals surface area contributed by atoms with Crippen LogP contribution in [0.15, 0.2) is 60.8 Å². The number of nitrogens with one attached hydrogen (secondary N) is 2. The predicted octanol–water partition coefficient (Wildman–Crippen LogP) is 7.03. The third-order valence-corrected chi connectivity index (χ3v) is 7.35. The summed E-state index contributed by atoms with van der Waals surface area (Å²) >= 11 is 6.51.